The summed E-state index contributed by atoms with van der Waals surface area (Å²) in [5, 5.41) is 2.09. The van der Waals surface area contributed by atoms with Crippen molar-refractivity contribution >= 4 is 19.5 Å². The summed E-state index contributed by atoms with van der Waals surface area (Å²) in [6.07, 6.45) is 0. The van der Waals surface area contributed by atoms with E-state index in [0.29, 0.717) is 0 Å². The molecule has 0 fully saturated rings. The Balaban J connectivity index is 4.65. The lowest BCUT2D eigenvalue weighted by Gasteiger charge is -2.22. The topological polar surface area (TPSA) is 139 Å². The van der Waals surface area contributed by atoms with E-state index in [1.54, 1.807) is 13.8 Å². The Labute approximate surface area is 105 Å². The second-order valence-electron chi connectivity index (χ2n) is 4.19. The number of nitrogens with one attached hydrogen (secondary N) is 1. The molecule has 1 unspecified atom stereocenters. The highest BCUT2D eigenvalue weighted by Gasteiger charge is 2.33. The largest absolute Gasteiger partial charge is 0.463 e. The van der Waals surface area contributed by atoms with Crippen molar-refractivity contribution in [1.82, 2.24) is 5.32 Å². The highest BCUT2D eigenvalue weighted by molar-refractivity contribution is 7.52. The van der Waals surface area contributed by atoms with Gasteiger partial charge in [0.05, 0.1) is 6.04 Å². The van der Waals surface area contributed by atoms with E-state index in [-0.39, 0.29) is 5.92 Å². The molecule has 0 rings (SSSR count). The molecule has 0 spiro atoms. The van der Waals surface area contributed by atoms with Gasteiger partial charge in [0.1, 0.15) is 6.61 Å². The monoisotopic (exact) mass is 282 g/mol. The average Bonchev–Trinajstić information content (AvgIpc) is 2.20. The van der Waals surface area contributed by atoms with Crippen LogP contribution in [0.1, 0.15) is 20.8 Å². The first-order chi connectivity index (χ1) is 8.05. The molecule has 1 amide bonds. The van der Waals surface area contributed by atoms with Crippen molar-refractivity contribution in [2.75, 3.05) is 6.61 Å². The normalized spacial score (nSPS) is 15.1. The Morgan fingerprint density at radius 3 is 2.22 bits per heavy atom. The lowest BCUT2D eigenvalue weighted by molar-refractivity contribution is -0.141. The number of rotatable bonds is 6. The summed E-state index contributed by atoms with van der Waals surface area (Å²) in [4.78, 5) is 40.2. The Morgan fingerprint density at radius 2 is 1.89 bits per heavy atom. The van der Waals surface area contributed by atoms with E-state index in [0.717, 1.165) is 6.92 Å². The molecule has 0 aromatic heterocycles. The highest BCUT2D eigenvalue weighted by atomic mass is 31.2. The Bertz CT molecular complexity index is 353. The molecule has 0 saturated heterocycles. The van der Waals surface area contributed by atoms with E-state index in [9.17, 15) is 14.2 Å². The van der Waals surface area contributed by atoms with Gasteiger partial charge in [-0.2, -0.15) is 0 Å². The molecule has 2 atom stereocenters. The van der Waals surface area contributed by atoms with Crippen molar-refractivity contribution in [3.63, 3.8) is 0 Å². The zero-order valence-electron chi connectivity index (χ0n) is 10.5. The molecule has 0 aromatic rings. The van der Waals surface area contributed by atoms with Crippen LogP contribution in [0.5, 0.6) is 0 Å². The Kier molecular flexibility index (Phi) is 6.48. The fourth-order valence-corrected chi connectivity index (χ4v) is 1.55. The first-order valence-electron chi connectivity index (χ1n) is 5.30. The maximum Gasteiger partial charge on any atom is 0.351 e. The smallest absolute Gasteiger partial charge is 0.351 e. The van der Waals surface area contributed by atoms with E-state index in [4.69, 9.17) is 15.5 Å². The molecule has 18 heavy (non-hydrogen) atoms. The fraction of sp³-hybridized carbons (Fsp3) is 0.778. The van der Waals surface area contributed by atoms with Crippen LogP contribution >= 0.6 is 7.60 Å². The molecule has 0 aliphatic carbocycles. The standard InChI is InChI=1S/C9H19N2O6P/c1-5(2)8(10)9(13)11-7(18(14,15)16)4-17-6(3)12/h5,7-8H,4,10H2,1-3H3,(H,11,13)(H2,14,15,16)/t7?,8-/m0/s1. The third-order valence-electron chi connectivity index (χ3n) is 2.18. The van der Waals surface area contributed by atoms with Crippen LogP contribution in [0.15, 0.2) is 0 Å². The van der Waals surface area contributed by atoms with Gasteiger partial charge in [0.25, 0.3) is 0 Å². The van der Waals surface area contributed by atoms with Gasteiger partial charge < -0.3 is 25.6 Å². The summed E-state index contributed by atoms with van der Waals surface area (Å²) in [5.74, 6) is -3.17. The van der Waals surface area contributed by atoms with Crippen LogP contribution in [0.3, 0.4) is 0 Å². The number of hydrogen-bond donors (Lipinski definition) is 4. The first-order valence-corrected chi connectivity index (χ1v) is 6.98. The van der Waals surface area contributed by atoms with Crippen LogP contribution in [0, 0.1) is 5.92 Å². The predicted molar refractivity (Wildman–Crippen MR) is 63.4 cm³/mol. The van der Waals surface area contributed by atoms with Crippen molar-refractivity contribution < 1.29 is 28.7 Å². The lowest BCUT2D eigenvalue weighted by Crippen LogP contribution is -2.49. The molecule has 0 aromatic carbocycles. The molecule has 0 bridgehead atoms. The summed E-state index contributed by atoms with van der Waals surface area (Å²) in [7, 11) is -4.62. The molecule has 106 valence electrons. The number of ether oxygens (including phenoxy) is 1. The van der Waals surface area contributed by atoms with Gasteiger partial charge in [-0.15, -0.1) is 0 Å². The number of hydrogen-bond acceptors (Lipinski definition) is 5. The lowest BCUT2D eigenvalue weighted by atomic mass is 10.1. The minimum absolute atomic E-state index is 0.184. The van der Waals surface area contributed by atoms with Gasteiger partial charge in [-0.05, 0) is 5.92 Å². The van der Waals surface area contributed by atoms with Gasteiger partial charge in [0, 0.05) is 6.92 Å². The quantitative estimate of drug-likeness (QED) is 0.367. The maximum absolute atomic E-state index is 11.6. The SMILES string of the molecule is CC(=O)OCC(NC(=O)[C@@H](N)C(C)C)P(=O)(O)O. The Hall–Kier alpha value is -0.950. The molecule has 0 aliphatic heterocycles. The molecule has 0 aliphatic rings. The minimum Gasteiger partial charge on any atom is -0.463 e. The van der Waals surface area contributed by atoms with Crippen molar-refractivity contribution in [2.45, 2.75) is 32.6 Å². The van der Waals surface area contributed by atoms with Crippen LogP contribution in [-0.2, 0) is 18.9 Å². The van der Waals surface area contributed by atoms with E-state index < -0.39 is 37.9 Å². The summed E-state index contributed by atoms with van der Waals surface area (Å²) in [6, 6.07) is -0.892. The third-order valence-corrected chi connectivity index (χ3v) is 3.27. The predicted octanol–water partition coefficient (Wildman–Crippen LogP) is -0.847. The van der Waals surface area contributed by atoms with Crippen LogP contribution in [0.2, 0.25) is 0 Å². The van der Waals surface area contributed by atoms with E-state index in [1.807, 2.05) is 0 Å². The number of nitrogens with two attached hydrogens (primary N) is 1. The van der Waals surface area contributed by atoms with E-state index in [1.165, 1.54) is 0 Å². The molecule has 9 heteroatoms. The Morgan fingerprint density at radius 1 is 1.39 bits per heavy atom. The molecule has 0 heterocycles. The molecular formula is C9H19N2O6P. The second kappa shape index (κ2) is 6.84. The van der Waals surface area contributed by atoms with Crippen molar-refractivity contribution in [1.29, 1.82) is 0 Å². The van der Waals surface area contributed by atoms with Crippen molar-refractivity contribution in [2.24, 2.45) is 11.7 Å². The summed E-state index contributed by atoms with van der Waals surface area (Å²) in [5.41, 5.74) is 5.53. The highest BCUT2D eigenvalue weighted by Crippen LogP contribution is 2.39. The first kappa shape index (κ1) is 17.1. The van der Waals surface area contributed by atoms with Gasteiger partial charge in [-0.1, -0.05) is 13.8 Å². The molecule has 5 N–H and O–H groups in total. The summed E-state index contributed by atoms with van der Waals surface area (Å²) >= 11 is 0. The average molecular weight is 282 g/mol. The fourth-order valence-electron chi connectivity index (χ4n) is 0.982. The zero-order chi connectivity index (χ0) is 14.5. The number of amides is 1. The van der Waals surface area contributed by atoms with E-state index in [2.05, 4.69) is 10.1 Å². The molecule has 0 saturated carbocycles. The number of carbonyl (C=O) groups is 2. The van der Waals surface area contributed by atoms with Gasteiger partial charge in [0.15, 0.2) is 5.78 Å². The second-order valence-corrected chi connectivity index (χ2v) is 5.99. The van der Waals surface area contributed by atoms with Gasteiger partial charge in [-0.25, -0.2) is 0 Å². The molecular weight excluding hydrogens is 263 g/mol. The number of esters is 1. The van der Waals surface area contributed by atoms with Gasteiger partial charge in [0.2, 0.25) is 5.91 Å². The zero-order valence-corrected chi connectivity index (χ0v) is 11.4. The third kappa shape index (κ3) is 6.11. The summed E-state index contributed by atoms with van der Waals surface area (Å²) < 4.78 is 15.6. The molecule has 0 radical (unpaired) electrons. The maximum atomic E-state index is 11.6. The van der Waals surface area contributed by atoms with Crippen LogP contribution < -0.4 is 11.1 Å². The van der Waals surface area contributed by atoms with Crippen molar-refractivity contribution in [3.05, 3.63) is 0 Å². The minimum atomic E-state index is -4.62. The summed E-state index contributed by atoms with van der Waals surface area (Å²) in [6.45, 7) is 3.89. The van der Waals surface area contributed by atoms with Gasteiger partial charge in [-0.3, -0.25) is 14.2 Å². The van der Waals surface area contributed by atoms with Crippen LogP contribution in [0.4, 0.5) is 0 Å². The van der Waals surface area contributed by atoms with Crippen molar-refractivity contribution in [3.8, 4) is 0 Å². The van der Waals surface area contributed by atoms with Gasteiger partial charge >= 0.3 is 13.6 Å². The van der Waals surface area contributed by atoms with E-state index >= 15 is 0 Å². The van der Waals surface area contributed by atoms with Crippen LogP contribution in [0.25, 0.3) is 0 Å². The molecule has 8 nitrogen and oxygen atoms in total. The van der Waals surface area contributed by atoms with Crippen LogP contribution in [-0.4, -0.2) is 40.1 Å². The number of carbonyl (C=O) groups excluding carboxylic acids is 2.